The second kappa shape index (κ2) is 6.37. The van der Waals surface area contributed by atoms with Crippen LogP contribution in [0.1, 0.15) is 25.7 Å². The lowest BCUT2D eigenvalue weighted by atomic mass is 10.2. The standard InChI is InChI=1S/C12H18N4O4S/c13-15-10-5-6-12(11(8-10)16(17)18)21(19,20)14-7-1-2-9-3-4-9/h5-6,8-9,14-15H,1-4,7,13H2. The highest BCUT2D eigenvalue weighted by molar-refractivity contribution is 7.89. The first-order valence-corrected chi connectivity index (χ1v) is 8.17. The van der Waals surface area contributed by atoms with Crippen molar-refractivity contribution >= 4 is 21.4 Å². The third-order valence-electron chi connectivity index (χ3n) is 3.39. The number of nitrogens with two attached hydrogens (primary N) is 1. The molecule has 8 nitrogen and oxygen atoms in total. The van der Waals surface area contributed by atoms with Crippen molar-refractivity contribution in [2.75, 3.05) is 12.0 Å². The largest absolute Gasteiger partial charge is 0.324 e. The molecule has 0 aliphatic heterocycles. The van der Waals surface area contributed by atoms with Gasteiger partial charge in [0.2, 0.25) is 10.0 Å². The molecule has 21 heavy (non-hydrogen) atoms. The van der Waals surface area contributed by atoms with E-state index in [0.29, 0.717) is 0 Å². The van der Waals surface area contributed by atoms with Gasteiger partial charge in [-0.15, -0.1) is 0 Å². The van der Waals surface area contributed by atoms with E-state index in [0.717, 1.165) is 24.8 Å². The van der Waals surface area contributed by atoms with E-state index >= 15 is 0 Å². The molecule has 1 aromatic carbocycles. The van der Waals surface area contributed by atoms with Gasteiger partial charge < -0.3 is 5.43 Å². The van der Waals surface area contributed by atoms with Crippen LogP contribution in [0.4, 0.5) is 11.4 Å². The number of nitrogens with one attached hydrogen (secondary N) is 2. The Balaban J connectivity index is 2.11. The number of hydrogen-bond donors (Lipinski definition) is 3. The summed E-state index contributed by atoms with van der Waals surface area (Å²) in [5, 5.41) is 11.0. The van der Waals surface area contributed by atoms with E-state index < -0.39 is 20.6 Å². The first-order valence-electron chi connectivity index (χ1n) is 6.69. The van der Waals surface area contributed by atoms with E-state index in [9.17, 15) is 18.5 Å². The predicted octanol–water partition coefficient (Wildman–Crippen LogP) is 1.35. The fraction of sp³-hybridized carbons (Fsp3) is 0.500. The number of nitrogens with zero attached hydrogens (tertiary/aromatic N) is 1. The molecule has 9 heteroatoms. The van der Waals surface area contributed by atoms with E-state index in [2.05, 4.69) is 10.1 Å². The highest BCUT2D eigenvalue weighted by Crippen LogP contribution is 2.33. The molecule has 116 valence electrons. The Hall–Kier alpha value is -1.71. The summed E-state index contributed by atoms with van der Waals surface area (Å²) >= 11 is 0. The Labute approximate surface area is 122 Å². The molecule has 1 fully saturated rings. The average molecular weight is 314 g/mol. The zero-order valence-electron chi connectivity index (χ0n) is 11.4. The van der Waals surface area contributed by atoms with Crippen LogP contribution in [0.3, 0.4) is 0 Å². The molecular formula is C12H18N4O4S. The van der Waals surface area contributed by atoms with Crippen molar-refractivity contribution in [3.63, 3.8) is 0 Å². The molecule has 0 bridgehead atoms. The monoisotopic (exact) mass is 314 g/mol. The number of nitrogen functional groups attached to an aromatic ring is 1. The third kappa shape index (κ3) is 4.13. The van der Waals surface area contributed by atoms with E-state index in [1.165, 1.54) is 25.0 Å². The van der Waals surface area contributed by atoms with Crippen LogP contribution in [0.15, 0.2) is 23.1 Å². The smallest absolute Gasteiger partial charge is 0.291 e. The number of hydrazine groups is 1. The number of benzene rings is 1. The van der Waals surface area contributed by atoms with Crippen LogP contribution in [0.25, 0.3) is 0 Å². The molecule has 0 heterocycles. The van der Waals surface area contributed by atoms with Crippen LogP contribution < -0.4 is 16.0 Å². The maximum atomic E-state index is 12.2. The van der Waals surface area contributed by atoms with Gasteiger partial charge >= 0.3 is 0 Å². The van der Waals surface area contributed by atoms with Crippen LogP contribution >= 0.6 is 0 Å². The molecule has 4 N–H and O–H groups in total. The number of hydrogen-bond acceptors (Lipinski definition) is 6. The molecule has 0 aromatic heterocycles. The normalized spacial score (nSPS) is 14.9. The van der Waals surface area contributed by atoms with Crippen LogP contribution in [0.5, 0.6) is 0 Å². The summed E-state index contributed by atoms with van der Waals surface area (Å²) in [7, 11) is -3.90. The van der Waals surface area contributed by atoms with Gasteiger partial charge in [-0.25, -0.2) is 13.1 Å². The van der Waals surface area contributed by atoms with E-state index in [1.54, 1.807) is 0 Å². The van der Waals surface area contributed by atoms with Gasteiger partial charge in [0.1, 0.15) is 0 Å². The summed E-state index contributed by atoms with van der Waals surface area (Å²) in [6.45, 7) is 0.285. The van der Waals surface area contributed by atoms with Gasteiger partial charge in [-0.3, -0.25) is 16.0 Å². The van der Waals surface area contributed by atoms with Crippen molar-refractivity contribution in [2.24, 2.45) is 11.8 Å². The van der Waals surface area contributed by atoms with Gasteiger partial charge in [-0.05, 0) is 30.9 Å². The lowest BCUT2D eigenvalue weighted by molar-refractivity contribution is -0.387. The molecular weight excluding hydrogens is 296 g/mol. The van der Waals surface area contributed by atoms with Gasteiger partial charge in [0, 0.05) is 12.6 Å². The first kappa shape index (κ1) is 15.7. The maximum Gasteiger partial charge on any atom is 0.291 e. The zero-order chi connectivity index (χ0) is 15.5. The molecule has 0 spiro atoms. The number of nitro groups is 1. The summed E-state index contributed by atoms with van der Waals surface area (Å²) in [6, 6.07) is 3.65. The third-order valence-corrected chi connectivity index (χ3v) is 4.90. The molecule has 1 aromatic rings. The second-order valence-corrected chi connectivity index (χ2v) is 6.80. The lowest BCUT2D eigenvalue weighted by Gasteiger charge is -2.08. The SMILES string of the molecule is NNc1ccc(S(=O)(=O)NCCCC2CC2)c([N+](=O)[O-])c1. The molecule has 1 aliphatic carbocycles. The van der Waals surface area contributed by atoms with E-state index in [-0.39, 0.29) is 17.1 Å². The minimum atomic E-state index is -3.90. The number of anilines is 1. The summed E-state index contributed by atoms with van der Waals surface area (Å²) in [6.07, 6.45) is 4.15. The molecule has 0 amide bonds. The van der Waals surface area contributed by atoms with Crippen molar-refractivity contribution in [3.05, 3.63) is 28.3 Å². The molecule has 0 saturated heterocycles. The van der Waals surface area contributed by atoms with Gasteiger partial charge in [-0.1, -0.05) is 12.8 Å². The Bertz CT molecular complexity index is 628. The quantitative estimate of drug-likeness (QED) is 0.287. The van der Waals surface area contributed by atoms with E-state index in [4.69, 9.17) is 5.84 Å². The van der Waals surface area contributed by atoms with Crippen molar-refractivity contribution in [2.45, 2.75) is 30.6 Å². The first-order chi connectivity index (χ1) is 9.94. The molecule has 1 saturated carbocycles. The Morgan fingerprint density at radius 2 is 2.10 bits per heavy atom. The minimum Gasteiger partial charge on any atom is -0.324 e. The van der Waals surface area contributed by atoms with Crippen molar-refractivity contribution in [3.8, 4) is 0 Å². The van der Waals surface area contributed by atoms with E-state index in [1.807, 2.05) is 0 Å². The predicted molar refractivity (Wildman–Crippen MR) is 78.1 cm³/mol. The van der Waals surface area contributed by atoms with Crippen LogP contribution in [-0.4, -0.2) is 19.9 Å². The zero-order valence-corrected chi connectivity index (χ0v) is 12.2. The molecule has 0 radical (unpaired) electrons. The van der Waals surface area contributed by atoms with Gasteiger partial charge in [0.15, 0.2) is 4.90 Å². The number of sulfonamides is 1. The summed E-state index contributed by atoms with van der Waals surface area (Å²) in [5.74, 6) is 5.89. The van der Waals surface area contributed by atoms with Gasteiger partial charge in [-0.2, -0.15) is 0 Å². The fourth-order valence-electron chi connectivity index (χ4n) is 2.06. The Morgan fingerprint density at radius 3 is 2.67 bits per heavy atom. The van der Waals surface area contributed by atoms with Crippen molar-refractivity contribution in [1.82, 2.24) is 4.72 Å². The second-order valence-electron chi connectivity index (χ2n) is 5.07. The summed E-state index contributed by atoms with van der Waals surface area (Å²) in [4.78, 5) is 9.92. The molecule has 0 unspecified atom stereocenters. The highest BCUT2D eigenvalue weighted by atomic mass is 32.2. The average Bonchev–Trinajstić information content (AvgIpc) is 3.27. The van der Waals surface area contributed by atoms with Gasteiger partial charge in [0.05, 0.1) is 10.6 Å². The summed E-state index contributed by atoms with van der Waals surface area (Å²) < 4.78 is 26.7. The van der Waals surface area contributed by atoms with Crippen molar-refractivity contribution < 1.29 is 13.3 Å². The Kier molecular flexibility index (Phi) is 4.76. The molecule has 1 aliphatic rings. The Morgan fingerprint density at radius 1 is 1.38 bits per heavy atom. The minimum absolute atomic E-state index is 0.273. The molecule has 0 atom stereocenters. The molecule has 2 rings (SSSR count). The van der Waals surface area contributed by atoms with Gasteiger partial charge in [0.25, 0.3) is 5.69 Å². The van der Waals surface area contributed by atoms with Crippen molar-refractivity contribution in [1.29, 1.82) is 0 Å². The van der Waals surface area contributed by atoms with Crippen LogP contribution in [0, 0.1) is 16.0 Å². The van der Waals surface area contributed by atoms with Crippen LogP contribution in [0.2, 0.25) is 0 Å². The summed E-state index contributed by atoms with van der Waals surface area (Å²) in [5.41, 5.74) is 2.03. The van der Waals surface area contributed by atoms with Crippen LogP contribution in [-0.2, 0) is 10.0 Å². The highest BCUT2D eigenvalue weighted by Gasteiger charge is 2.26. The lowest BCUT2D eigenvalue weighted by Crippen LogP contribution is -2.25. The number of nitro benzene ring substituents is 1. The number of rotatable bonds is 8. The maximum absolute atomic E-state index is 12.2. The topological polar surface area (TPSA) is 127 Å². The fourth-order valence-corrected chi connectivity index (χ4v) is 3.28.